The molecule has 4 rings (SSSR count). The molecule has 0 amide bonds. The molecule has 0 saturated heterocycles. The normalized spacial score (nSPS) is 42.0. The predicted molar refractivity (Wildman–Crippen MR) is 80.9 cm³/mol. The molecule has 0 aromatic rings. The predicted octanol–water partition coefficient (Wildman–Crippen LogP) is 5.65. The van der Waals surface area contributed by atoms with Crippen molar-refractivity contribution in [2.75, 3.05) is 0 Å². The van der Waals surface area contributed by atoms with Crippen LogP contribution in [0, 0.1) is 23.7 Å². The summed E-state index contributed by atoms with van der Waals surface area (Å²) in [6, 6.07) is 0. The van der Waals surface area contributed by atoms with Gasteiger partial charge in [-0.05, 0) is 93.6 Å². The van der Waals surface area contributed by atoms with Crippen molar-refractivity contribution < 1.29 is 0 Å². The van der Waals surface area contributed by atoms with Crippen LogP contribution in [0.4, 0.5) is 0 Å². The van der Waals surface area contributed by atoms with Gasteiger partial charge in [-0.1, -0.05) is 24.0 Å². The number of hydrogen-bond donors (Lipinski definition) is 0. The Morgan fingerprint density at radius 2 is 1.68 bits per heavy atom. The van der Waals surface area contributed by atoms with E-state index in [1.165, 1.54) is 38.5 Å². The zero-order valence-electron chi connectivity index (χ0n) is 12.7. The number of rotatable bonds is 0. The first-order valence-electron chi connectivity index (χ1n) is 8.64. The van der Waals surface area contributed by atoms with E-state index in [9.17, 15) is 0 Å². The summed E-state index contributed by atoms with van der Waals surface area (Å²) in [5.41, 5.74) is 7.08. The highest BCUT2D eigenvalue weighted by Gasteiger charge is 2.45. The molecule has 0 heterocycles. The molecule has 2 fully saturated rings. The summed E-state index contributed by atoms with van der Waals surface area (Å²) in [6.45, 7) is 4.75. The molecule has 0 heteroatoms. The first kappa shape index (κ1) is 12.2. The molecule has 0 aromatic carbocycles. The van der Waals surface area contributed by atoms with Crippen molar-refractivity contribution in [1.29, 1.82) is 0 Å². The van der Waals surface area contributed by atoms with Gasteiger partial charge in [0.25, 0.3) is 0 Å². The molecular weight excluding hydrogens is 228 g/mol. The Kier molecular flexibility index (Phi) is 2.90. The van der Waals surface area contributed by atoms with Gasteiger partial charge in [0.1, 0.15) is 0 Å². The quantitative estimate of drug-likeness (QED) is 0.525. The summed E-state index contributed by atoms with van der Waals surface area (Å²) in [6.07, 6.45) is 13.4. The van der Waals surface area contributed by atoms with Crippen LogP contribution in [0.3, 0.4) is 0 Å². The Morgan fingerprint density at radius 3 is 2.58 bits per heavy atom. The van der Waals surface area contributed by atoms with Gasteiger partial charge >= 0.3 is 0 Å². The highest BCUT2D eigenvalue weighted by atomic mass is 14.5. The summed E-state index contributed by atoms with van der Waals surface area (Å²) in [4.78, 5) is 0. The van der Waals surface area contributed by atoms with Crippen LogP contribution in [-0.2, 0) is 0 Å². The molecular formula is C19H28. The van der Waals surface area contributed by atoms with Crippen LogP contribution in [-0.4, -0.2) is 0 Å². The lowest BCUT2D eigenvalue weighted by Crippen LogP contribution is -2.36. The standard InChI is InChI=1S/C19H28/c1-12-6-8-17-15(13(12)2)10-11-18-16-5-3-4-14(16)7-9-19(17)18/h14,16,18-19H,3-11H2,1-2H3. The molecule has 2 saturated carbocycles. The fourth-order valence-corrected chi connectivity index (χ4v) is 5.97. The average molecular weight is 256 g/mol. The molecule has 0 nitrogen and oxygen atoms in total. The highest BCUT2D eigenvalue weighted by molar-refractivity contribution is 5.43. The Labute approximate surface area is 118 Å². The van der Waals surface area contributed by atoms with Crippen molar-refractivity contribution in [3.05, 3.63) is 22.3 Å². The number of fused-ring (bicyclic) bond motifs is 4. The topological polar surface area (TPSA) is 0 Å². The summed E-state index contributed by atoms with van der Waals surface area (Å²) in [7, 11) is 0. The zero-order valence-corrected chi connectivity index (χ0v) is 12.7. The van der Waals surface area contributed by atoms with E-state index in [0.29, 0.717) is 0 Å². The van der Waals surface area contributed by atoms with Crippen LogP contribution in [0.5, 0.6) is 0 Å². The van der Waals surface area contributed by atoms with Crippen LogP contribution in [0.15, 0.2) is 22.3 Å². The van der Waals surface area contributed by atoms with E-state index in [0.717, 1.165) is 23.7 Å². The van der Waals surface area contributed by atoms with Crippen molar-refractivity contribution in [2.45, 2.75) is 71.6 Å². The fourth-order valence-electron chi connectivity index (χ4n) is 5.97. The van der Waals surface area contributed by atoms with Crippen molar-refractivity contribution in [1.82, 2.24) is 0 Å². The number of hydrogen-bond acceptors (Lipinski definition) is 0. The van der Waals surface area contributed by atoms with Gasteiger partial charge in [0.2, 0.25) is 0 Å². The van der Waals surface area contributed by atoms with Gasteiger partial charge in [-0.3, -0.25) is 0 Å². The largest absolute Gasteiger partial charge is 0.0698 e. The van der Waals surface area contributed by atoms with E-state index in [1.807, 2.05) is 5.57 Å². The van der Waals surface area contributed by atoms with Crippen LogP contribution in [0.25, 0.3) is 0 Å². The van der Waals surface area contributed by atoms with Crippen molar-refractivity contribution in [2.24, 2.45) is 23.7 Å². The maximum Gasteiger partial charge on any atom is -0.0166 e. The molecule has 0 bridgehead atoms. The minimum Gasteiger partial charge on any atom is -0.0698 e. The van der Waals surface area contributed by atoms with Gasteiger partial charge in [-0.2, -0.15) is 0 Å². The first-order valence-corrected chi connectivity index (χ1v) is 8.64. The second-order valence-electron chi connectivity index (χ2n) is 7.65. The fraction of sp³-hybridized carbons (Fsp3) is 0.789. The van der Waals surface area contributed by atoms with Crippen LogP contribution < -0.4 is 0 Å². The van der Waals surface area contributed by atoms with E-state index < -0.39 is 0 Å². The monoisotopic (exact) mass is 256 g/mol. The molecule has 0 aromatic heterocycles. The lowest BCUT2D eigenvalue weighted by molar-refractivity contribution is 0.112. The third kappa shape index (κ3) is 1.78. The zero-order chi connectivity index (χ0) is 13.0. The Hall–Kier alpha value is -0.520. The maximum absolute atomic E-state index is 2.39. The molecule has 104 valence electrons. The number of allylic oxidation sites excluding steroid dienone is 4. The van der Waals surface area contributed by atoms with E-state index in [2.05, 4.69) is 13.8 Å². The Morgan fingerprint density at radius 1 is 0.789 bits per heavy atom. The molecule has 4 unspecified atom stereocenters. The molecule has 0 radical (unpaired) electrons. The third-order valence-electron chi connectivity index (χ3n) is 7.06. The van der Waals surface area contributed by atoms with Crippen LogP contribution in [0.2, 0.25) is 0 Å². The Balaban J connectivity index is 1.69. The SMILES string of the molecule is CC1=C(C)C2=C(CC1)C1CCC3CCCC3C1CC2. The molecule has 0 spiro atoms. The van der Waals surface area contributed by atoms with E-state index in [-0.39, 0.29) is 0 Å². The van der Waals surface area contributed by atoms with Gasteiger partial charge < -0.3 is 0 Å². The van der Waals surface area contributed by atoms with Gasteiger partial charge in [0.05, 0.1) is 0 Å². The van der Waals surface area contributed by atoms with Crippen LogP contribution in [0.1, 0.15) is 71.6 Å². The third-order valence-corrected chi connectivity index (χ3v) is 7.06. The maximum atomic E-state index is 2.39. The molecule has 4 atom stereocenters. The molecule has 0 aliphatic heterocycles. The van der Waals surface area contributed by atoms with E-state index in [1.54, 1.807) is 36.0 Å². The smallest absolute Gasteiger partial charge is 0.0166 e. The van der Waals surface area contributed by atoms with Gasteiger partial charge in [-0.25, -0.2) is 0 Å². The second-order valence-corrected chi connectivity index (χ2v) is 7.65. The average Bonchev–Trinajstić information content (AvgIpc) is 2.91. The second kappa shape index (κ2) is 4.50. The van der Waals surface area contributed by atoms with Crippen molar-refractivity contribution >= 4 is 0 Å². The summed E-state index contributed by atoms with van der Waals surface area (Å²) in [5.74, 6) is 4.29. The molecule has 4 aliphatic rings. The lowest BCUT2D eigenvalue weighted by atomic mass is 9.59. The minimum atomic E-state index is 0.992. The van der Waals surface area contributed by atoms with Crippen molar-refractivity contribution in [3.63, 3.8) is 0 Å². The van der Waals surface area contributed by atoms with Crippen molar-refractivity contribution in [3.8, 4) is 0 Å². The minimum absolute atomic E-state index is 0.992. The first-order chi connectivity index (χ1) is 9.25. The molecule has 0 N–H and O–H groups in total. The molecule has 4 aliphatic carbocycles. The van der Waals surface area contributed by atoms with Gasteiger partial charge in [-0.15, -0.1) is 0 Å². The van der Waals surface area contributed by atoms with Gasteiger partial charge in [0.15, 0.2) is 0 Å². The van der Waals surface area contributed by atoms with E-state index >= 15 is 0 Å². The van der Waals surface area contributed by atoms with Crippen LogP contribution >= 0.6 is 0 Å². The Bertz CT molecular complexity index is 451. The summed E-state index contributed by atoms with van der Waals surface area (Å²) in [5, 5.41) is 0. The summed E-state index contributed by atoms with van der Waals surface area (Å²) < 4.78 is 0. The van der Waals surface area contributed by atoms with E-state index in [4.69, 9.17) is 0 Å². The molecule has 19 heavy (non-hydrogen) atoms. The summed E-state index contributed by atoms with van der Waals surface area (Å²) >= 11 is 0. The highest BCUT2D eigenvalue weighted by Crippen LogP contribution is 2.56. The van der Waals surface area contributed by atoms with Gasteiger partial charge in [0, 0.05) is 0 Å². The lowest BCUT2D eigenvalue weighted by Gasteiger charge is -2.46.